The number of hydrogen-bond acceptors (Lipinski definition) is 3. The molecule has 0 aromatic heterocycles. The topological polar surface area (TPSA) is 58.2 Å². The number of rotatable bonds is 7. The maximum atomic E-state index is 11.7. The van der Waals surface area contributed by atoms with E-state index in [2.05, 4.69) is 10.6 Å². The molecule has 4 nitrogen and oxygen atoms in total. The second-order valence-corrected chi connectivity index (χ2v) is 7.91. The summed E-state index contributed by atoms with van der Waals surface area (Å²) >= 11 is 0. The predicted molar refractivity (Wildman–Crippen MR) is 71.4 cm³/mol. The molecule has 0 bridgehead atoms. The lowest BCUT2D eigenvalue weighted by Crippen LogP contribution is -2.38. The van der Waals surface area contributed by atoms with Gasteiger partial charge in [-0.2, -0.15) is 0 Å². The molecule has 0 aromatic carbocycles. The van der Waals surface area contributed by atoms with Gasteiger partial charge in [-0.15, -0.1) is 0 Å². The fourth-order valence-electron chi connectivity index (χ4n) is 1.36. The molecule has 1 atom stereocenters. The smallest absolute Gasteiger partial charge is 0.233 e. The minimum atomic E-state index is -0.892. The molecule has 1 aliphatic carbocycles. The predicted octanol–water partition coefficient (Wildman–Crippen LogP) is 0.649. The normalized spacial score (nSPS) is 17.8. The lowest BCUT2D eigenvalue weighted by Gasteiger charge is -2.17. The molecular weight excluding hydrogens is 236 g/mol. The Kier molecular flexibility index (Phi) is 5.59. The van der Waals surface area contributed by atoms with Crippen LogP contribution in [0.4, 0.5) is 0 Å². The van der Waals surface area contributed by atoms with Gasteiger partial charge in [0, 0.05) is 27.8 Å². The van der Waals surface area contributed by atoms with Gasteiger partial charge < -0.3 is 10.6 Å². The summed E-state index contributed by atoms with van der Waals surface area (Å²) in [6.07, 6.45) is 2.58. The third kappa shape index (κ3) is 6.78. The maximum Gasteiger partial charge on any atom is 0.233 e. The van der Waals surface area contributed by atoms with E-state index in [1.165, 1.54) is 12.8 Å². The molecule has 1 fully saturated rings. The molecule has 1 unspecified atom stereocenters. The Labute approximate surface area is 106 Å². The lowest BCUT2D eigenvalue weighted by atomic mass is 10.3. The molecule has 1 saturated carbocycles. The van der Waals surface area contributed by atoms with E-state index in [4.69, 9.17) is 0 Å². The van der Waals surface area contributed by atoms with Gasteiger partial charge in [-0.25, -0.2) is 0 Å². The number of carbonyl (C=O) groups excluding carboxylic acids is 1. The molecule has 1 aliphatic rings. The van der Waals surface area contributed by atoms with Crippen LogP contribution >= 0.6 is 0 Å². The van der Waals surface area contributed by atoms with Crippen molar-refractivity contribution in [3.05, 3.63) is 0 Å². The van der Waals surface area contributed by atoms with E-state index in [1.807, 2.05) is 20.8 Å². The molecule has 0 aromatic rings. The Morgan fingerprint density at radius 3 is 2.53 bits per heavy atom. The van der Waals surface area contributed by atoms with E-state index in [0.717, 1.165) is 12.5 Å². The van der Waals surface area contributed by atoms with Crippen LogP contribution in [0.3, 0.4) is 0 Å². The molecule has 5 heteroatoms. The Balaban J connectivity index is 2.00. The van der Waals surface area contributed by atoms with Crippen LogP contribution in [-0.4, -0.2) is 40.3 Å². The van der Waals surface area contributed by atoms with Crippen LogP contribution in [0.1, 0.15) is 33.6 Å². The first-order valence-electron chi connectivity index (χ1n) is 6.25. The number of carbonyl (C=O) groups is 1. The molecule has 0 saturated heterocycles. The molecule has 0 spiro atoms. The minimum Gasteiger partial charge on any atom is -0.354 e. The Morgan fingerprint density at radius 1 is 1.35 bits per heavy atom. The van der Waals surface area contributed by atoms with Gasteiger partial charge in [-0.3, -0.25) is 9.00 Å². The highest BCUT2D eigenvalue weighted by Gasteiger charge is 2.21. The van der Waals surface area contributed by atoms with Gasteiger partial charge in [0.05, 0.1) is 6.54 Å². The highest BCUT2D eigenvalue weighted by molar-refractivity contribution is 7.86. The van der Waals surface area contributed by atoms with Gasteiger partial charge in [0.2, 0.25) is 5.91 Å². The zero-order valence-corrected chi connectivity index (χ0v) is 11.9. The molecule has 17 heavy (non-hydrogen) atoms. The summed E-state index contributed by atoms with van der Waals surface area (Å²) in [6.45, 7) is 7.65. The second kappa shape index (κ2) is 6.50. The van der Waals surface area contributed by atoms with Crippen LogP contribution in [0.25, 0.3) is 0 Å². The lowest BCUT2D eigenvalue weighted by molar-refractivity contribution is -0.120. The van der Waals surface area contributed by atoms with Gasteiger partial charge in [0.1, 0.15) is 0 Å². The maximum absolute atomic E-state index is 11.7. The zero-order chi connectivity index (χ0) is 12.9. The first-order valence-corrected chi connectivity index (χ1v) is 7.57. The third-order valence-corrected chi connectivity index (χ3v) is 4.65. The highest BCUT2D eigenvalue weighted by atomic mass is 32.2. The van der Waals surface area contributed by atoms with Crippen LogP contribution < -0.4 is 10.6 Å². The molecule has 0 aliphatic heterocycles. The van der Waals surface area contributed by atoms with Crippen LogP contribution in [0.5, 0.6) is 0 Å². The van der Waals surface area contributed by atoms with Gasteiger partial charge in [0.25, 0.3) is 0 Å². The van der Waals surface area contributed by atoms with Crippen LogP contribution in [0, 0.1) is 5.92 Å². The number of nitrogens with one attached hydrogen (secondary N) is 2. The largest absolute Gasteiger partial charge is 0.354 e. The standard InChI is InChI=1S/C12H24N2O2S/c1-12(2,3)17(16)7-6-14-11(15)9-13-8-10-4-5-10/h10,13H,4-9H2,1-3H3,(H,14,15). The molecule has 1 amide bonds. The number of hydrogen-bond donors (Lipinski definition) is 2. The Bertz CT molecular complexity index is 283. The van der Waals surface area contributed by atoms with Crippen LogP contribution in [0.15, 0.2) is 0 Å². The van der Waals surface area contributed by atoms with Gasteiger partial charge >= 0.3 is 0 Å². The summed E-state index contributed by atoms with van der Waals surface area (Å²) in [4.78, 5) is 11.4. The van der Waals surface area contributed by atoms with E-state index < -0.39 is 10.8 Å². The molecular formula is C12H24N2O2S. The van der Waals surface area contributed by atoms with Crippen molar-refractivity contribution in [3.63, 3.8) is 0 Å². The van der Waals surface area contributed by atoms with Crippen molar-refractivity contribution in [2.24, 2.45) is 5.92 Å². The van der Waals surface area contributed by atoms with E-state index in [0.29, 0.717) is 18.8 Å². The summed E-state index contributed by atoms with van der Waals surface area (Å²) in [6, 6.07) is 0. The second-order valence-electron chi connectivity index (χ2n) is 5.59. The van der Waals surface area contributed by atoms with Gasteiger partial charge in [0.15, 0.2) is 0 Å². The third-order valence-electron chi connectivity index (χ3n) is 2.71. The SMILES string of the molecule is CC(C)(C)S(=O)CCNC(=O)CNCC1CC1. The van der Waals surface area contributed by atoms with Crippen molar-refractivity contribution < 1.29 is 9.00 Å². The minimum absolute atomic E-state index is 0.00319. The van der Waals surface area contributed by atoms with E-state index in [-0.39, 0.29) is 10.7 Å². The Morgan fingerprint density at radius 2 is 2.00 bits per heavy atom. The summed E-state index contributed by atoms with van der Waals surface area (Å²) in [7, 11) is -0.892. The molecule has 0 radical (unpaired) electrons. The van der Waals surface area contributed by atoms with Crippen molar-refractivity contribution in [1.82, 2.24) is 10.6 Å². The van der Waals surface area contributed by atoms with Crippen LogP contribution in [-0.2, 0) is 15.6 Å². The fraction of sp³-hybridized carbons (Fsp3) is 0.917. The van der Waals surface area contributed by atoms with Crippen molar-refractivity contribution in [2.45, 2.75) is 38.4 Å². The molecule has 0 heterocycles. The molecule has 100 valence electrons. The highest BCUT2D eigenvalue weighted by Crippen LogP contribution is 2.27. The monoisotopic (exact) mass is 260 g/mol. The van der Waals surface area contributed by atoms with Crippen molar-refractivity contribution >= 4 is 16.7 Å². The van der Waals surface area contributed by atoms with Crippen molar-refractivity contribution in [2.75, 3.05) is 25.4 Å². The summed E-state index contributed by atoms with van der Waals surface area (Å²) in [5, 5.41) is 5.91. The van der Waals surface area contributed by atoms with Crippen molar-refractivity contribution in [1.29, 1.82) is 0 Å². The number of amides is 1. The Hall–Kier alpha value is -0.420. The summed E-state index contributed by atoms with van der Waals surface area (Å²) < 4.78 is 11.5. The van der Waals surface area contributed by atoms with E-state index >= 15 is 0 Å². The summed E-state index contributed by atoms with van der Waals surface area (Å²) in [5.41, 5.74) is 0. The summed E-state index contributed by atoms with van der Waals surface area (Å²) in [5.74, 6) is 1.31. The average Bonchev–Trinajstić information content (AvgIpc) is 3.00. The molecule has 2 N–H and O–H groups in total. The quantitative estimate of drug-likeness (QED) is 0.706. The zero-order valence-electron chi connectivity index (χ0n) is 11.0. The molecule has 1 rings (SSSR count). The van der Waals surface area contributed by atoms with Crippen LogP contribution in [0.2, 0.25) is 0 Å². The fourth-order valence-corrected chi connectivity index (χ4v) is 2.26. The first kappa shape index (κ1) is 14.6. The first-order chi connectivity index (χ1) is 7.89. The van der Waals surface area contributed by atoms with E-state index in [9.17, 15) is 9.00 Å². The van der Waals surface area contributed by atoms with Crippen molar-refractivity contribution in [3.8, 4) is 0 Å². The van der Waals surface area contributed by atoms with Gasteiger partial charge in [-0.1, -0.05) is 0 Å². The van der Waals surface area contributed by atoms with Gasteiger partial charge in [-0.05, 0) is 46.1 Å². The van der Waals surface area contributed by atoms with E-state index in [1.54, 1.807) is 0 Å². The average molecular weight is 260 g/mol.